The number of hydrogen-bond donors (Lipinski definition) is 2. The van der Waals surface area contributed by atoms with Crippen LogP contribution in [-0.2, 0) is 0 Å². The van der Waals surface area contributed by atoms with Gasteiger partial charge in [-0.2, -0.15) is 0 Å². The highest BCUT2D eigenvalue weighted by molar-refractivity contribution is 6.94. The van der Waals surface area contributed by atoms with E-state index in [1.165, 1.54) is 5.19 Å². The maximum atomic E-state index is 6.02. The molecule has 0 fully saturated rings. The quantitative estimate of drug-likeness (QED) is 0.481. The molecule has 0 amide bonds. The van der Waals surface area contributed by atoms with Crippen LogP contribution in [0.2, 0.25) is 10.1 Å². The van der Waals surface area contributed by atoms with E-state index in [2.05, 4.69) is 77.0 Å². The molecule has 1 rings (SSSR count). The highest BCUT2D eigenvalue weighted by Gasteiger charge is 2.54. The van der Waals surface area contributed by atoms with E-state index in [-0.39, 0.29) is 10.1 Å². The Balaban J connectivity index is 3.49. The van der Waals surface area contributed by atoms with Gasteiger partial charge in [0.2, 0.25) is 0 Å². The molecule has 0 radical (unpaired) electrons. The van der Waals surface area contributed by atoms with Crippen LogP contribution in [0.25, 0.3) is 0 Å². The minimum absolute atomic E-state index is 0.154. The summed E-state index contributed by atoms with van der Waals surface area (Å²) in [5, 5.41) is 4.94. The Morgan fingerprint density at radius 3 is 1.59 bits per heavy atom. The molecule has 96 valence electrons. The second-order valence-electron chi connectivity index (χ2n) is 6.76. The Bertz CT molecular complexity index is 346. The van der Waals surface area contributed by atoms with Crippen molar-refractivity contribution in [2.45, 2.75) is 51.6 Å². The van der Waals surface area contributed by atoms with Crippen molar-refractivity contribution in [2.75, 3.05) is 0 Å². The first kappa shape index (κ1) is 14.4. The van der Waals surface area contributed by atoms with Crippen LogP contribution in [0.5, 0.6) is 0 Å². The second kappa shape index (κ2) is 4.56. The molecule has 0 aliphatic heterocycles. The van der Waals surface area contributed by atoms with Crippen molar-refractivity contribution in [3.8, 4) is 0 Å². The Hall–Kier alpha value is -0.643. The standard InChI is InChI=1S/C14H26N2Si/c1-13(2,3)17(16-15,14(4,5)6)12-10-8-7-9-11-12/h7-11,16H,15H2,1-6H3. The summed E-state index contributed by atoms with van der Waals surface area (Å²) in [6, 6.07) is 10.7. The van der Waals surface area contributed by atoms with Gasteiger partial charge in [-0.3, -0.25) is 10.9 Å². The first-order valence-corrected chi connectivity index (χ1v) is 8.20. The lowest BCUT2D eigenvalue weighted by molar-refractivity contribution is 0.596. The number of benzene rings is 1. The van der Waals surface area contributed by atoms with Crippen molar-refractivity contribution >= 4 is 13.4 Å². The molecule has 1 aromatic carbocycles. The van der Waals surface area contributed by atoms with Gasteiger partial charge >= 0.3 is 0 Å². The van der Waals surface area contributed by atoms with Crippen molar-refractivity contribution in [3.63, 3.8) is 0 Å². The van der Waals surface area contributed by atoms with E-state index in [9.17, 15) is 0 Å². The highest BCUT2D eigenvalue weighted by atomic mass is 28.3. The van der Waals surface area contributed by atoms with E-state index in [0.29, 0.717) is 0 Å². The van der Waals surface area contributed by atoms with E-state index < -0.39 is 8.24 Å². The number of hydrazine groups is 1. The molecule has 2 nitrogen and oxygen atoms in total. The lowest BCUT2D eigenvalue weighted by Gasteiger charge is -2.51. The van der Waals surface area contributed by atoms with Gasteiger partial charge in [0.15, 0.2) is 8.24 Å². The molecule has 1 aromatic rings. The van der Waals surface area contributed by atoms with Crippen LogP contribution in [0.4, 0.5) is 0 Å². The van der Waals surface area contributed by atoms with Gasteiger partial charge in [0.05, 0.1) is 0 Å². The first-order chi connectivity index (χ1) is 7.67. The monoisotopic (exact) mass is 250 g/mol. The van der Waals surface area contributed by atoms with Gasteiger partial charge in [-0.25, -0.2) is 0 Å². The normalized spacial score (nSPS) is 13.8. The summed E-state index contributed by atoms with van der Waals surface area (Å²) in [4.78, 5) is 0. The summed E-state index contributed by atoms with van der Waals surface area (Å²) in [6.45, 7) is 13.7. The molecule has 0 bridgehead atoms. The smallest absolute Gasteiger partial charge is 0.182 e. The molecular weight excluding hydrogens is 224 g/mol. The van der Waals surface area contributed by atoms with Crippen LogP contribution in [0.3, 0.4) is 0 Å². The molecule has 3 heteroatoms. The van der Waals surface area contributed by atoms with Crippen LogP contribution in [0, 0.1) is 0 Å². The molecule has 0 unspecified atom stereocenters. The molecule has 3 N–H and O–H groups in total. The Kier molecular flexibility index (Phi) is 3.86. The molecule has 0 saturated carbocycles. The predicted molar refractivity (Wildman–Crippen MR) is 78.6 cm³/mol. The van der Waals surface area contributed by atoms with Gasteiger partial charge in [0.1, 0.15) is 0 Å². The van der Waals surface area contributed by atoms with Crippen molar-refractivity contribution in [2.24, 2.45) is 5.84 Å². The molecule has 17 heavy (non-hydrogen) atoms. The number of rotatable bonds is 2. The lowest BCUT2D eigenvalue weighted by atomic mass is 10.2. The van der Waals surface area contributed by atoms with Crippen LogP contribution in [-0.4, -0.2) is 8.24 Å². The summed E-state index contributed by atoms with van der Waals surface area (Å²) in [5.41, 5.74) is 0. The van der Waals surface area contributed by atoms with E-state index in [1.807, 2.05) is 0 Å². The van der Waals surface area contributed by atoms with Gasteiger partial charge < -0.3 is 0 Å². The fourth-order valence-corrected chi connectivity index (χ4v) is 8.90. The molecule has 0 spiro atoms. The Morgan fingerprint density at radius 2 is 1.29 bits per heavy atom. The average molecular weight is 250 g/mol. The molecule has 0 saturated heterocycles. The van der Waals surface area contributed by atoms with E-state index >= 15 is 0 Å². The number of nitrogens with two attached hydrogens (primary N) is 1. The van der Waals surface area contributed by atoms with Gasteiger partial charge in [-0.05, 0) is 15.3 Å². The molecule has 0 heterocycles. The number of nitrogens with one attached hydrogen (secondary N) is 1. The summed E-state index contributed by atoms with van der Waals surface area (Å²) >= 11 is 0. The van der Waals surface area contributed by atoms with E-state index in [0.717, 1.165) is 0 Å². The summed E-state index contributed by atoms with van der Waals surface area (Å²) in [5.74, 6) is 6.02. The highest BCUT2D eigenvalue weighted by Crippen LogP contribution is 2.48. The summed E-state index contributed by atoms with van der Waals surface area (Å²) in [7, 11) is -2.02. The molecule has 0 aliphatic rings. The average Bonchev–Trinajstić information content (AvgIpc) is 2.16. The maximum absolute atomic E-state index is 6.02. The zero-order chi connectivity index (χ0) is 13.3. The Labute approximate surface area is 107 Å². The first-order valence-electron chi connectivity index (χ1n) is 6.20. The van der Waals surface area contributed by atoms with Crippen molar-refractivity contribution in [3.05, 3.63) is 30.3 Å². The number of hydrogen-bond acceptors (Lipinski definition) is 2. The zero-order valence-electron chi connectivity index (χ0n) is 12.0. The zero-order valence-corrected chi connectivity index (χ0v) is 13.0. The third-order valence-corrected chi connectivity index (χ3v) is 9.81. The van der Waals surface area contributed by atoms with Crippen molar-refractivity contribution in [1.82, 2.24) is 5.09 Å². The van der Waals surface area contributed by atoms with Crippen LogP contribution in [0.15, 0.2) is 30.3 Å². The van der Waals surface area contributed by atoms with Crippen molar-refractivity contribution in [1.29, 1.82) is 0 Å². The van der Waals surface area contributed by atoms with Crippen molar-refractivity contribution < 1.29 is 0 Å². The molecule has 0 aliphatic carbocycles. The van der Waals surface area contributed by atoms with E-state index in [1.54, 1.807) is 0 Å². The third-order valence-electron chi connectivity index (χ3n) is 3.67. The van der Waals surface area contributed by atoms with Gasteiger partial charge in [-0.1, -0.05) is 71.9 Å². The molecule has 0 atom stereocenters. The van der Waals surface area contributed by atoms with Gasteiger partial charge in [-0.15, -0.1) is 0 Å². The maximum Gasteiger partial charge on any atom is 0.182 e. The summed E-state index contributed by atoms with van der Waals surface area (Å²) < 4.78 is 0. The van der Waals surface area contributed by atoms with Crippen LogP contribution in [0.1, 0.15) is 41.5 Å². The predicted octanol–water partition coefficient (Wildman–Crippen LogP) is 2.90. The van der Waals surface area contributed by atoms with Gasteiger partial charge in [0, 0.05) is 0 Å². The lowest BCUT2D eigenvalue weighted by Crippen LogP contribution is -2.73. The van der Waals surface area contributed by atoms with Crippen LogP contribution < -0.4 is 16.1 Å². The van der Waals surface area contributed by atoms with Crippen LogP contribution >= 0.6 is 0 Å². The third kappa shape index (κ3) is 2.32. The fraction of sp³-hybridized carbons (Fsp3) is 0.571. The molecule has 0 aromatic heterocycles. The largest absolute Gasteiger partial charge is 0.277 e. The minimum Gasteiger partial charge on any atom is -0.277 e. The SMILES string of the molecule is CC(C)(C)[Si](NN)(c1ccccc1)C(C)(C)C. The summed E-state index contributed by atoms with van der Waals surface area (Å²) in [6.07, 6.45) is 0. The topological polar surface area (TPSA) is 38.0 Å². The fourth-order valence-electron chi connectivity index (χ4n) is 3.20. The Morgan fingerprint density at radius 1 is 0.882 bits per heavy atom. The second-order valence-corrected chi connectivity index (χ2v) is 12.1. The van der Waals surface area contributed by atoms with Gasteiger partial charge in [0.25, 0.3) is 0 Å². The minimum atomic E-state index is -2.02. The molecular formula is C14H26N2Si. The van der Waals surface area contributed by atoms with E-state index in [4.69, 9.17) is 5.84 Å².